The number of imidazole rings is 1. The molecule has 1 unspecified atom stereocenters. The first kappa shape index (κ1) is 23.7. The molecule has 0 fully saturated rings. The van der Waals surface area contributed by atoms with Gasteiger partial charge in [0.15, 0.2) is 5.82 Å². The summed E-state index contributed by atoms with van der Waals surface area (Å²) in [5.41, 5.74) is 6.30. The largest absolute Gasteiger partial charge is 0.373 e. The van der Waals surface area contributed by atoms with Gasteiger partial charge in [-0.1, -0.05) is 32.9 Å². The number of benzene rings is 1. The van der Waals surface area contributed by atoms with Gasteiger partial charge < -0.3 is 15.4 Å². The standard InChI is InChI=1S/C28H25FN8O/c1-28(2,3)27(38)33-18-8-16(10-30-11-18)21-9-19-22(14-32-21)36-37-25(19)26-34-23-13-31-12-20(24(23)35-26)15-4-6-17(29)7-5-15/h4-14,27,33,38H,1-3H3,(H,34,35)(H,36,37). The third-order valence-corrected chi connectivity index (χ3v) is 6.38. The molecule has 38 heavy (non-hydrogen) atoms. The number of aromatic nitrogens is 7. The predicted octanol–water partition coefficient (Wildman–Crippen LogP) is 5.54. The molecule has 4 N–H and O–H groups in total. The molecule has 0 aliphatic carbocycles. The van der Waals surface area contributed by atoms with Crippen LogP contribution in [-0.2, 0) is 0 Å². The van der Waals surface area contributed by atoms with Gasteiger partial charge in [0.1, 0.15) is 17.7 Å². The number of nitrogens with one attached hydrogen (secondary N) is 3. The number of fused-ring (bicyclic) bond motifs is 2. The molecule has 0 saturated heterocycles. The number of anilines is 1. The lowest BCUT2D eigenvalue weighted by Gasteiger charge is -2.27. The van der Waals surface area contributed by atoms with E-state index in [0.717, 1.165) is 33.1 Å². The zero-order chi connectivity index (χ0) is 26.4. The van der Waals surface area contributed by atoms with Crippen LogP contribution in [0.3, 0.4) is 0 Å². The van der Waals surface area contributed by atoms with Crippen LogP contribution in [0.4, 0.5) is 10.1 Å². The van der Waals surface area contributed by atoms with Crippen LogP contribution in [0, 0.1) is 11.2 Å². The summed E-state index contributed by atoms with van der Waals surface area (Å²) in [6.45, 7) is 5.86. The Kier molecular flexibility index (Phi) is 5.61. The van der Waals surface area contributed by atoms with E-state index in [1.807, 2.05) is 32.9 Å². The normalized spacial score (nSPS) is 12.8. The Morgan fingerprint density at radius 2 is 1.71 bits per heavy atom. The minimum Gasteiger partial charge on any atom is -0.373 e. The number of aromatic amines is 2. The summed E-state index contributed by atoms with van der Waals surface area (Å²) >= 11 is 0. The molecule has 6 rings (SSSR count). The Hall–Kier alpha value is -4.70. The van der Waals surface area contributed by atoms with Gasteiger partial charge in [-0.15, -0.1) is 0 Å². The van der Waals surface area contributed by atoms with E-state index in [0.29, 0.717) is 28.4 Å². The van der Waals surface area contributed by atoms with Gasteiger partial charge in [-0.05, 0) is 29.8 Å². The molecule has 0 bridgehead atoms. The minimum absolute atomic E-state index is 0.300. The molecule has 5 heterocycles. The number of aliphatic hydroxyl groups is 1. The number of rotatable bonds is 5. The van der Waals surface area contributed by atoms with Gasteiger partial charge in [0, 0.05) is 34.3 Å². The second-order valence-corrected chi connectivity index (χ2v) is 10.2. The topological polar surface area (TPSA) is 128 Å². The summed E-state index contributed by atoms with van der Waals surface area (Å²) < 4.78 is 13.5. The first-order valence-electron chi connectivity index (χ1n) is 12.1. The molecule has 9 nitrogen and oxygen atoms in total. The van der Waals surface area contributed by atoms with Crippen molar-refractivity contribution in [2.75, 3.05) is 5.32 Å². The second kappa shape index (κ2) is 9.00. The number of nitrogens with zero attached hydrogens (tertiary/aromatic N) is 5. The fourth-order valence-corrected chi connectivity index (χ4v) is 4.17. The predicted molar refractivity (Wildman–Crippen MR) is 144 cm³/mol. The Labute approximate surface area is 217 Å². The van der Waals surface area contributed by atoms with Crippen LogP contribution < -0.4 is 5.32 Å². The molecule has 0 radical (unpaired) electrons. The molecule has 0 spiro atoms. The van der Waals surface area contributed by atoms with E-state index in [-0.39, 0.29) is 11.2 Å². The van der Waals surface area contributed by atoms with E-state index in [1.165, 1.54) is 12.1 Å². The summed E-state index contributed by atoms with van der Waals surface area (Å²) in [5.74, 6) is 0.271. The van der Waals surface area contributed by atoms with Crippen molar-refractivity contribution in [1.82, 2.24) is 35.1 Å². The van der Waals surface area contributed by atoms with Gasteiger partial charge in [-0.3, -0.25) is 20.1 Å². The number of H-pyrrole nitrogens is 2. The number of halogens is 1. The summed E-state index contributed by atoms with van der Waals surface area (Å²) in [7, 11) is 0. The van der Waals surface area contributed by atoms with Crippen molar-refractivity contribution < 1.29 is 9.50 Å². The third-order valence-electron chi connectivity index (χ3n) is 6.38. The fourth-order valence-electron chi connectivity index (χ4n) is 4.17. The lowest BCUT2D eigenvalue weighted by molar-refractivity contribution is 0.0880. The molecule has 0 aliphatic rings. The van der Waals surface area contributed by atoms with Crippen LogP contribution in [-0.4, -0.2) is 46.5 Å². The molecule has 10 heteroatoms. The van der Waals surface area contributed by atoms with Crippen LogP contribution in [0.2, 0.25) is 0 Å². The molecule has 6 aromatic rings. The SMILES string of the molecule is CC(C)(C)C(O)Nc1cncc(-c2cc3c(-c4nc5c(-c6ccc(F)cc6)cncc5[nH]4)n[nH]c3cn2)c1. The Balaban J connectivity index is 1.39. The zero-order valence-electron chi connectivity index (χ0n) is 21.0. The van der Waals surface area contributed by atoms with Crippen LogP contribution in [0.5, 0.6) is 0 Å². The molecular weight excluding hydrogens is 483 g/mol. The smallest absolute Gasteiger partial charge is 0.159 e. The fraction of sp³-hybridized carbons (Fsp3) is 0.179. The van der Waals surface area contributed by atoms with E-state index in [1.54, 1.807) is 43.1 Å². The molecule has 1 atom stereocenters. The van der Waals surface area contributed by atoms with E-state index in [9.17, 15) is 9.50 Å². The maximum atomic E-state index is 13.5. The van der Waals surface area contributed by atoms with Crippen LogP contribution >= 0.6 is 0 Å². The maximum Gasteiger partial charge on any atom is 0.159 e. The molecule has 5 aromatic heterocycles. The molecule has 0 amide bonds. The number of hydrogen-bond donors (Lipinski definition) is 4. The van der Waals surface area contributed by atoms with Crippen LogP contribution in [0.25, 0.3) is 55.8 Å². The highest BCUT2D eigenvalue weighted by Gasteiger charge is 2.22. The van der Waals surface area contributed by atoms with Crippen molar-refractivity contribution in [3.63, 3.8) is 0 Å². The number of hydrogen-bond acceptors (Lipinski definition) is 7. The van der Waals surface area contributed by atoms with Crippen molar-refractivity contribution in [1.29, 1.82) is 0 Å². The van der Waals surface area contributed by atoms with Crippen molar-refractivity contribution in [2.45, 2.75) is 27.0 Å². The lowest BCUT2D eigenvalue weighted by atomic mass is 9.94. The van der Waals surface area contributed by atoms with Gasteiger partial charge in [-0.2, -0.15) is 5.10 Å². The summed E-state index contributed by atoms with van der Waals surface area (Å²) in [6.07, 6.45) is 7.80. The van der Waals surface area contributed by atoms with Gasteiger partial charge in [0.2, 0.25) is 0 Å². The molecular formula is C28H25FN8O. The van der Waals surface area contributed by atoms with E-state index in [4.69, 9.17) is 4.98 Å². The van der Waals surface area contributed by atoms with E-state index < -0.39 is 6.23 Å². The number of pyridine rings is 3. The third kappa shape index (κ3) is 4.35. The molecule has 1 aromatic carbocycles. The first-order chi connectivity index (χ1) is 18.3. The number of aliphatic hydroxyl groups excluding tert-OH is 1. The van der Waals surface area contributed by atoms with Crippen LogP contribution in [0.15, 0.2) is 67.4 Å². The summed E-state index contributed by atoms with van der Waals surface area (Å²) in [5, 5.41) is 21.9. The Morgan fingerprint density at radius 3 is 2.50 bits per heavy atom. The van der Waals surface area contributed by atoms with Crippen molar-refractivity contribution >= 4 is 27.6 Å². The van der Waals surface area contributed by atoms with E-state index >= 15 is 0 Å². The summed E-state index contributed by atoms with van der Waals surface area (Å²) in [4.78, 5) is 21.4. The quantitative estimate of drug-likeness (QED) is 0.225. The maximum absolute atomic E-state index is 13.5. The Morgan fingerprint density at radius 1 is 0.921 bits per heavy atom. The first-order valence-corrected chi connectivity index (χ1v) is 12.1. The second-order valence-electron chi connectivity index (χ2n) is 10.2. The Bertz CT molecular complexity index is 1770. The van der Waals surface area contributed by atoms with Crippen molar-refractivity contribution in [3.05, 3.63) is 73.2 Å². The van der Waals surface area contributed by atoms with Crippen molar-refractivity contribution in [2.24, 2.45) is 5.41 Å². The highest BCUT2D eigenvalue weighted by Crippen LogP contribution is 2.32. The average molecular weight is 509 g/mol. The highest BCUT2D eigenvalue weighted by molar-refractivity contribution is 5.97. The van der Waals surface area contributed by atoms with E-state index in [2.05, 4.69) is 35.5 Å². The average Bonchev–Trinajstić information content (AvgIpc) is 3.52. The molecule has 0 aliphatic heterocycles. The zero-order valence-corrected chi connectivity index (χ0v) is 21.0. The minimum atomic E-state index is -0.738. The van der Waals surface area contributed by atoms with Crippen molar-refractivity contribution in [3.8, 4) is 33.9 Å². The molecule has 190 valence electrons. The van der Waals surface area contributed by atoms with Gasteiger partial charge in [0.05, 0.1) is 46.5 Å². The summed E-state index contributed by atoms with van der Waals surface area (Å²) in [6, 6.07) is 10.1. The monoisotopic (exact) mass is 508 g/mol. The van der Waals surface area contributed by atoms with Crippen LogP contribution in [0.1, 0.15) is 20.8 Å². The van der Waals surface area contributed by atoms with Gasteiger partial charge >= 0.3 is 0 Å². The highest BCUT2D eigenvalue weighted by atomic mass is 19.1. The molecule has 0 saturated carbocycles. The lowest BCUT2D eigenvalue weighted by Crippen LogP contribution is -2.33. The van der Waals surface area contributed by atoms with Gasteiger partial charge in [-0.25, -0.2) is 9.37 Å². The van der Waals surface area contributed by atoms with Gasteiger partial charge in [0.25, 0.3) is 0 Å².